The zero-order valence-electron chi connectivity index (χ0n) is 17.6. The van der Waals surface area contributed by atoms with Crippen LogP contribution in [0, 0.1) is 0 Å². The van der Waals surface area contributed by atoms with Crippen LogP contribution in [0.2, 0.25) is 0 Å². The summed E-state index contributed by atoms with van der Waals surface area (Å²) in [6.45, 7) is 2.20. The lowest BCUT2D eigenvalue weighted by Crippen LogP contribution is -2.37. The highest BCUT2D eigenvalue weighted by Gasteiger charge is 2.26. The summed E-state index contributed by atoms with van der Waals surface area (Å²) in [5.41, 5.74) is 3.58. The van der Waals surface area contributed by atoms with E-state index in [0.29, 0.717) is 43.0 Å². The normalized spacial score (nSPS) is 14.4. The Kier molecular flexibility index (Phi) is 5.37. The average Bonchev–Trinajstić information content (AvgIpc) is 3.13. The first-order chi connectivity index (χ1) is 15.7. The van der Waals surface area contributed by atoms with Crippen LogP contribution in [0.1, 0.15) is 27.1 Å². The molecule has 0 aliphatic carbocycles. The van der Waals surface area contributed by atoms with E-state index in [1.165, 1.54) is 0 Å². The van der Waals surface area contributed by atoms with Gasteiger partial charge in [0.25, 0.3) is 11.8 Å². The van der Waals surface area contributed by atoms with E-state index in [9.17, 15) is 9.59 Å². The van der Waals surface area contributed by atoms with E-state index in [1.807, 2.05) is 71.6 Å². The van der Waals surface area contributed by atoms with Gasteiger partial charge in [0, 0.05) is 43.5 Å². The van der Waals surface area contributed by atoms with Crippen molar-refractivity contribution in [2.75, 3.05) is 26.2 Å². The van der Waals surface area contributed by atoms with Crippen molar-refractivity contribution in [1.82, 2.24) is 24.4 Å². The number of aromatic nitrogens is 3. The van der Waals surface area contributed by atoms with Crippen molar-refractivity contribution >= 4 is 17.5 Å². The van der Waals surface area contributed by atoms with Gasteiger partial charge in [-0.1, -0.05) is 48.5 Å². The molecule has 3 heterocycles. The van der Waals surface area contributed by atoms with E-state index in [1.54, 1.807) is 21.8 Å². The van der Waals surface area contributed by atoms with Crippen LogP contribution >= 0.6 is 0 Å². The van der Waals surface area contributed by atoms with Gasteiger partial charge in [-0.3, -0.25) is 9.59 Å². The molecule has 7 nitrogen and oxygen atoms in total. The second-order valence-corrected chi connectivity index (χ2v) is 7.79. The molecule has 7 heteroatoms. The molecule has 0 radical (unpaired) electrons. The van der Waals surface area contributed by atoms with E-state index in [4.69, 9.17) is 0 Å². The molecule has 2 amide bonds. The molecular weight excluding hydrogens is 402 g/mol. The Morgan fingerprint density at radius 3 is 2.12 bits per heavy atom. The molecule has 1 saturated heterocycles. The Balaban J connectivity index is 1.36. The number of hydrogen-bond donors (Lipinski definition) is 0. The second-order valence-electron chi connectivity index (χ2n) is 7.79. The first-order valence-electron chi connectivity index (χ1n) is 10.7. The van der Waals surface area contributed by atoms with Gasteiger partial charge in [0.05, 0.1) is 11.9 Å². The van der Waals surface area contributed by atoms with E-state index >= 15 is 0 Å². The van der Waals surface area contributed by atoms with Crippen molar-refractivity contribution in [3.63, 3.8) is 0 Å². The van der Waals surface area contributed by atoms with Crippen molar-refractivity contribution < 1.29 is 9.59 Å². The standard InChI is InChI=1S/C25H23N5O2/c31-24(20-10-5-2-6-11-20)28-14-7-15-29(17-16-28)25(32)21-18-27-30-22(12-13-26-23(21)30)19-8-3-1-4-9-19/h1-6,8-13,18H,7,14-17H2. The van der Waals surface area contributed by atoms with Gasteiger partial charge in [-0.25, -0.2) is 9.50 Å². The van der Waals surface area contributed by atoms with Gasteiger partial charge < -0.3 is 9.80 Å². The molecule has 0 atom stereocenters. The van der Waals surface area contributed by atoms with Crippen molar-refractivity contribution in [3.8, 4) is 11.3 Å². The van der Waals surface area contributed by atoms with Crippen molar-refractivity contribution in [2.24, 2.45) is 0 Å². The molecule has 0 saturated carbocycles. The van der Waals surface area contributed by atoms with Crippen LogP contribution in [0.25, 0.3) is 16.9 Å². The van der Waals surface area contributed by atoms with Gasteiger partial charge in [0.15, 0.2) is 5.65 Å². The Morgan fingerprint density at radius 1 is 0.750 bits per heavy atom. The van der Waals surface area contributed by atoms with Crippen LogP contribution in [-0.2, 0) is 0 Å². The Bertz CT molecular complexity index is 1250. The first kappa shape index (κ1) is 19.9. The van der Waals surface area contributed by atoms with Crippen molar-refractivity contribution in [1.29, 1.82) is 0 Å². The van der Waals surface area contributed by atoms with Crippen LogP contribution < -0.4 is 0 Å². The van der Waals surface area contributed by atoms with E-state index < -0.39 is 0 Å². The summed E-state index contributed by atoms with van der Waals surface area (Å²) in [6.07, 6.45) is 4.03. The van der Waals surface area contributed by atoms with Gasteiger partial charge in [-0.2, -0.15) is 5.10 Å². The quantitative estimate of drug-likeness (QED) is 0.505. The maximum absolute atomic E-state index is 13.4. The predicted molar refractivity (Wildman–Crippen MR) is 121 cm³/mol. The van der Waals surface area contributed by atoms with Gasteiger partial charge in [-0.15, -0.1) is 0 Å². The smallest absolute Gasteiger partial charge is 0.259 e. The number of hydrogen-bond acceptors (Lipinski definition) is 4. The molecule has 0 unspecified atom stereocenters. The number of benzene rings is 2. The minimum atomic E-state index is -0.105. The predicted octanol–water partition coefficient (Wildman–Crippen LogP) is 3.38. The number of carbonyl (C=O) groups excluding carboxylic acids is 2. The third-order valence-corrected chi connectivity index (χ3v) is 5.79. The molecule has 5 rings (SSSR count). The summed E-state index contributed by atoms with van der Waals surface area (Å²) in [5, 5.41) is 4.46. The van der Waals surface area contributed by atoms with Crippen molar-refractivity contribution in [3.05, 3.63) is 90.3 Å². The SMILES string of the molecule is O=C(c1ccccc1)N1CCCN(C(=O)c2cnn3c(-c4ccccc4)ccnc23)CC1. The van der Waals surface area contributed by atoms with Gasteiger partial charge in [0.2, 0.25) is 0 Å². The zero-order valence-corrected chi connectivity index (χ0v) is 17.6. The number of carbonyl (C=O) groups is 2. The van der Waals surface area contributed by atoms with Crippen LogP contribution in [-0.4, -0.2) is 62.4 Å². The van der Waals surface area contributed by atoms with Crippen molar-refractivity contribution in [2.45, 2.75) is 6.42 Å². The lowest BCUT2D eigenvalue weighted by molar-refractivity contribution is 0.0719. The minimum absolute atomic E-state index is 0.00468. The summed E-state index contributed by atoms with van der Waals surface area (Å²) < 4.78 is 1.71. The van der Waals surface area contributed by atoms with E-state index in [0.717, 1.165) is 17.7 Å². The topological polar surface area (TPSA) is 70.8 Å². The lowest BCUT2D eigenvalue weighted by atomic mass is 10.1. The lowest BCUT2D eigenvalue weighted by Gasteiger charge is -2.22. The van der Waals surface area contributed by atoms with Gasteiger partial charge in [0.1, 0.15) is 5.56 Å². The molecule has 32 heavy (non-hydrogen) atoms. The Morgan fingerprint density at radius 2 is 1.41 bits per heavy atom. The molecular formula is C25H23N5O2. The van der Waals surface area contributed by atoms with E-state index in [2.05, 4.69) is 10.1 Å². The third kappa shape index (κ3) is 3.73. The summed E-state index contributed by atoms with van der Waals surface area (Å²) >= 11 is 0. The zero-order chi connectivity index (χ0) is 21.9. The summed E-state index contributed by atoms with van der Waals surface area (Å²) in [6, 6.07) is 21.1. The average molecular weight is 425 g/mol. The first-order valence-corrected chi connectivity index (χ1v) is 10.7. The molecule has 1 aliphatic heterocycles. The number of fused-ring (bicyclic) bond motifs is 1. The molecule has 1 fully saturated rings. The molecule has 0 bridgehead atoms. The molecule has 160 valence electrons. The second kappa shape index (κ2) is 8.63. The highest BCUT2D eigenvalue weighted by atomic mass is 16.2. The van der Waals surface area contributed by atoms with Crippen LogP contribution in [0.3, 0.4) is 0 Å². The number of rotatable bonds is 3. The molecule has 0 N–H and O–H groups in total. The minimum Gasteiger partial charge on any atom is -0.337 e. The van der Waals surface area contributed by atoms with Crippen LogP contribution in [0.15, 0.2) is 79.1 Å². The fraction of sp³-hybridized carbons (Fsp3) is 0.200. The fourth-order valence-corrected chi connectivity index (χ4v) is 4.13. The molecule has 4 aromatic rings. The van der Waals surface area contributed by atoms with E-state index in [-0.39, 0.29) is 11.8 Å². The maximum atomic E-state index is 13.4. The maximum Gasteiger partial charge on any atom is 0.259 e. The van der Waals surface area contributed by atoms with Gasteiger partial charge in [-0.05, 0) is 24.6 Å². The summed E-state index contributed by atoms with van der Waals surface area (Å²) in [4.78, 5) is 34.2. The van der Waals surface area contributed by atoms with Gasteiger partial charge >= 0.3 is 0 Å². The molecule has 2 aromatic heterocycles. The third-order valence-electron chi connectivity index (χ3n) is 5.79. The summed E-state index contributed by atoms with van der Waals surface area (Å²) in [5.74, 6) is -0.100. The van der Waals surface area contributed by atoms with Crippen LogP contribution in [0.4, 0.5) is 0 Å². The monoisotopic (exact) mass is 425 g/mol. The highest BCUT2D eigenvalue weighted by Crippen LogP contribution is 2.22. The number of nitrogens with zero attached hydrogens (tertiary/aromatic N) is 5. The number of amides is 2. The highest BCUT2D eigenvalue weighted by molar-refractivity contribution is 6.00. The largest absolute Gasteiger partial charge is 0.337 e. The molecule has 1 aliphatic rings. The van der Waals surface area contributed by atoms with Crippen LogP contribution in [0.5, 0.6) is 0 Å². The molecule has 0 spiro atoms. The Hall–Kier alpha value is -4.00. The fourth-order valence-electron chi connectivity index (χ4n) is 4.13. The Labute approximate surface area is 185 Å². The summed E-state index contributed by atoms with van der Waals surface area (Å²) in [7, 11) is 0. The molecule has 2 aromatic carbocycles.